The molecule has 40 heavy (non-hydrogen) atoms. The van der Waals surface area contributed by atoms with E-state index < -0.39 is 17.6 Å². The Labute approximate surface area is 233 Å². The summed E-state index contributed by atoms with van der Waals surface area (Å²) in [7, 11) is 5.57. The third kappa shape index (κ3) is 5.21. The highest BCUT2D eigenvalue weighted by Gasteiger charge is 2.43. The lowest BCUT2D eigenvalue weighted by Gasteiger charge is -2.39. The van der Waals surface area contributed by atoms with Crippen molar-refractivity contribution in [3.05, 3.63) is 120 Å². The third-order valence-corrected chi connectivity index (χ3v) is 7.44. The maximum absolute atomic E-state index is 13.1. The molecule has 0 aliphatic carbocycles. The first-order valence-corrected chi connectivity index (χ1v) is 13.2. The second-order valence-electron chi connectivity index (χ2n) is 10.3. The van der Waals surface area contributed by atoms with E-state index >= 15 is 0 Å². The topological polar surface area (TPSA) is 87.8 Å². The molecular formula is C33H33N3O4. The van der Waals surface area contributed by atoms with Crippen molar-refractivity contribution in [3.63, 3.8) is 0 Å². The van der Waals surface area contributed by atoms with E-state index in [0.717, 1.165) is 32.0 Å². The summed E-state index contributed by atoms with van der Waals surface area (Å²) >= 11 is 0. The largest absolute Gasteiger partial charge is 0.481 e. The summed E-state index contributed by atoms with van der Waals surface area (Å²) in [5, 5.41) is 24.5. The molecule has 204 valence electrons. The molecular weight excluding hydrogens is 502 g/mol. The maximum atomic E-state index is 13.1. The molecule has 0 saturated heterocycles. The average Bonchev–Trinajstić information content (AvgIpc) is 3.47. The third-order valence-electron chi connectivity index (χ3n) is 7.44. The molecule has 0 radical (unpaired) electrons. The summed E-state index contributed by atoms with van der Waals surface area (Å²) in [6, 6.07) is 27.8. The number of nitrogens with zero attached hydrogens (tertiary/aromatic N) is 3. The van der Waals surface area contributed by atoms with Crippen LogP contribution in [0.5, 0.6) is 5.88 Å². The molecule has 2 heterocycles. The zero-order chi connectivity index (χ0) is 28.3. The van der Waals surface area contributed by atoms with Crippen molar-refractivity contribution in [1.82, 2.24) is 14.5 Å². The van der Waals surface area contributed by atoms with Crippen molar-refractivity contribution in [2.45, 2.75) is 17.9 Å². The van der Waals surface area contributed by atoms with Crippen molar-refractivity contribution >= 4 is 16.9 Å². The number of carboxylic acid groups (broad SMARTS) is 1. The van der Waals surface area contributed by atoms with Crippen molar-refractivity contribution in [2.75, 3.05) is 27.7 Å². The van der Waals surface area contributed by atoms with Gasteiger partial charge in [-0.05, 0) is 54.5 Å². The molecule has 2 atom stereocenters. The number of carbonyl (C=O) groups is 1. The number of methoxy groups -OCH3 is 1. The first-order chi connectivity index (χ1) is 19.3. The molecule has 5 aromatic rings. The van der Waals surface area contributed by atoms with Crippen molar-refractivity contribution < 1.29 is 19.7 Å². The maximum Gasteiger partial charge on any atom is 0.415 e. The zero-order valence-electron chi connectivity index (χ0n) is 22.9. The molecule has 0 fully saturated rings. The Morgan fingerprint density at radius 3 is 2.42 bits per heavy atom. The number of fused-ring (bicyclic) bond motifs is 1. The van der Waals surface area contributed by atoms with Crippen molar-refractivity contribution in [2.24, 2.45) is 0 Å². The minimum atomic E-state index is -1.35. The molecule has 7 nitrogen and oxygen atoms in total. The quantitative estimate of drug-likeness (QED) is 0.233. The van der Waals surface area contributed by atoms with Gasteiger partial charge in [-0.1, -0.05) is 72.8 Å². The van der Waals surface area contributed by atoms with Gasteiger partial charge < -0.3 is 19.8 Å². The molecule has 5 rings (SSSR count). The minimum absolute atomic E-state index is 0.402. The molecule has 2 aromatic heterocycles. The van der Waals surface area contributed by atoms with Gasteiger partial charge in [-0.25, -0.2) is 9.78 Å². The van der Waals surface area contributed by atoms with E-state index in [1.54, 1.807) is 25.6 Å². The van der Waals surface area contributed by atoms with E-state index in [9.17, 15) is 15.0 Å². The monoisotopic (exact) mass is 535 g/mol. The fourth-order valence-corrected chi connectivity index (χ4v) is 5.48. The van der Waals surface area contributed by atoms with Crippen LogP contribution in [0, 0.1) is 0 Å². The SMILES string of the molecule is COc1ncc(-c2ccn(C(=O)O)c2)cc1C(c1ccccc1)C(O)(CCN(C)C)c1cccc2ccccc12. The highest BCUT2D eigenvalue weighted by molar-refractivity contribution is 5.87. The average molecular weight is 536 g/mol. The van der Waals surface area contributed by atoms with Crippen molar-refractivity contribution in [1.29, 1.82) is 0 Å². The molecule has 0 saturated carbocycles. The molecule has 0 aliphatic rings. The minimum Gasteiger partial charge on any atom is -0.481 e. The Hall–Kier alpha value is -4.46. The Morgan fingerprint density at radius 1 is 1.00 bits per heavy atom. The van der Waals surface area contributed by atoms with Gasteiger partial charge in [-0.3, -0.25) is 4.57 Å². The summed E-state index contributed by atoms with van der Waals surface area (Å²) in [5.41, 5.74) is 2.52. The first kappa shape index (κ1) is 27.1. The number of ether oxygens (including phenoxy) is 1. The van der Waals surface area contributed by atoms with Gasteiger partial charge in [0.2, 0.25) is 5.88 Å². The lowest BCUT2D eigenvalue weighted by molar-refractivity contribution is 0.00516. The standard InChI is InChI=1S/C33H33N3O4/c1-35(2)19-17-33(39,29-15-9-13-23-10-7-8-14-27(23)29)30(24-11-5-4-6-12-24)28-20-26(21-34-31(28)40-3)25-16-18-36(22-25)32(37)38/h4-16,18,20-22,30,39H,17,19H2,1-3H3,(H,37,38). The van der Waals surface area contributed by atoms with E-state index in [2.05, 4.69) is 22.0 Å². The zero-order valence-corrected chi connectivity index (χ0v) is 22.9. The van der Waals surface area contributed by atoms with Gasteiger partial charge in [-0.15, -0.1) is 0 Å². The Bertz CT molecular complexity index is 1620. The summed E-state index contributed by atoms with van der Waals surface area (Å²) in [5.74, 6) is -0.151. The van der Waals surface area contributed by atoms with Gasteiger partial charge in [0.1, 0.15) is 5.60 Å². The Kier molecular flexibility index (Phi) is 7.69. The van der Waals surface area contributed by atoms with Gasteiger partial charge in [0.15, 0.2) is 0 Å². The highest BCUT2D eigenvalue weighted by atomic mass is 16.5. The number of aromatic nitrogens is 2. The van der Waals surface area contributed by atoms with Crippen molar-refractivity contribution in [3.8, 4) is 17.0 Å². The highest BCUT2D eigenvalue weighted by Crippen LogP contribution is 2.49. The van der Waals surface area contributed by atoms with Gasteiger partial charge in [0.25, 0.3) is 0 Å². The Morgan fingerprint density at radius 2 is 1.73 bits per heavy atom. The molecule has 2 N–H and O–H groups in total. The number of hydrogen-bond donors (Lipinski definition) is 2. The van der Waals surface area contributed by atoms with Crippen LogP contribution in [0.3, 0.4) is 0 Å². The molecule has 2 unspecified atom stereocenters. The summed E-state index contributed by atoms with van der Waals surface area (Å²) in [6.07, 6.45) is 4.10. The van der Waals surface area contributed by atoms with Crippen LogP contribution in [0.4, 0.5) is 4.79 Å². The normalized spacial score (nSPS) is 13.7. The predicted octanol–water partition coefficient (Wildman–Crippen LogP) is 6.21. The van der Waals surface area contributed by atoms with Crippen LogP contribution >= 0.6 is 0 Å². The van der Waals surface area contributed by atoms with Gasteiger partial charge >= 0.3 is 6.09 Å². The number of rotatable bonds is 9. The molecule has 0 aliphatic heterocycles. The fraction of sp³-hybridized carbons (Fsp3) is 0.212. The van der Waals surface area contributed by atoms with Crippen LogP contribution in [0.15, 0.2) is 104 Å². The lowest BCUT2D eigenvalue weighted by Crippen LogP contribution is -2.38. The summed E-state index contributed by atoms with van der Waals surface area (Å²) in [4.78, 5) is 18.2. The van der Waals surface area contributed by atoms with Crippen LogP contribution in [-0.2, 0) is 5.60 Å². The molecule has 7 heteroatoms. The van der Waals surface area contributed by atoms with E-state index in [0.29, 0.717) is 30.0 Å². The van der Waals surface area contributed by atoms with E-state index in [4.69, 9.17) is 4.74 Å². The predicted molar refractivity (Wildman–Crippen MR) is 157 cm³/mol. The van der Waals surface area contributed by atoms with Gasteiger partial charge in [0.05, 0.1) is 7.11 Å². The number of hydrogen-bond acceptors (Lipinski definition) is 5. The Balaban J connectivity index is 1.79. The summed E-state index contributed by atoms with van der Waals surface area (Å²) < 4.78 is 6.90. The first-order valence-electron chi connectivity index (χ1n) is 13.2. The van der Waals surface area contributed by atoms with Crippen LogP contribution in [0.1, 0.15) is 29.0 Å². The smallest absolute Gasteiger partial charge is 0.415 e. The van der Waals surface area contributed by atoms with E-state index in [1.165, 1.54) is 6.20 Å². The lowest BCUT2D eigenvalue weighted by atomic mass is 9.70. The number of aliphatic hydroxyl groups is 1. The van der Waals surface area contributed by atoms with Crippen LogP contribution in [0.25, 0.3) is 21.9 Å². The van der Waals surface area contributed by atoms with Crippen LogP contribution in [0.2, 0.25) is 0 Å². The van der Waals surface area contributed by atoms with E-state index in [1.807, 2.05) is 80.8 Å². The molecule has 0 bridgehead atoms. The second kappa shape index (κ2) is 11.3. The molecule has 0 spiro atoms. The second-order valence-corrected chi connectivity index (χ2v) is 10.3. The van der Waals surface area contributed by atoms with Crippen LogP contribution in [-0.4, -0.2) is 58.5 Å². The number of benzene rings is 3. The summed E-state index contributed by atoms with van der Waals surface area (Å²) in [6.45, 7) is 0.639. The van der Waals surface area contributed by atoms with E-state index in [-0.39, 0.29) is 0 Å². The molecule has 0 amide bonds. The van der Waals surface area contributed by atoms with Gasteiger partial charge in [0, 0.05) is 47.7 Å². The number of pyridine rings is 1. The fourth-order valence-electron chi connectivity index (χ4n) is 5.48. The van der Waals surface area contributed by atoms with Crippen LogP contribution < -0.4 is 4.74 Å². The molecule has 3 aromatic carbocycles. The van der Waals surface area contributed by atoms with Gasteiger partial charge in [-0.2, -0.15) is 0 Å².